The van der Waals surface area contributed by atoms with Gasteiger partial charge in [0, 0.05) is 38.0 Å². The van der Waals surface area contributed by atoms with Crippen LogP contribution in [0.1, 0.15) is 143 Å². The summed E-state index contributed by atoms with van der Waals surface area (Å²) in [5.74, 6) is -11.3. The second-order valence-electron chi connectivity index (χ2n) is 23.8. The molecule has 2 aromatic heterocycles. The zero-order chi connectivity index (χ0) is 65.0. The number of aromatic nitrogens is 3. The Hall–Kier alpha value is -7.01. The number of aromatic amines is 1. The first-order valence-electron chi connectivity index (χ1n) is 28.7. The number of nitrogens with one attached hydrogen (secondary N) is 11. The molecule has 1 aliphatic rings. The van der Waals surface area contributed by atoms with Crippen molar-refractivity contribution in [1.29, 1.82) is 0 Å². The Morgan fingerprint density at radius 3 is 1.79 bits per heavy atom. The number of amides is 11. The topological polar surface area (TPSA) is 436 Å². The minimum Gasteiger partial charge on any atom is -0.394 e. The zero-order valence-corrected chi connectivity index (χ0v) is 52.2. The van der Waals surface area contributed by atoms with Gasteiger partial charge in [0.1, 0.15) is 59.5 Å². The van der Waals surface area contributed by atoms with Crippen LogP contribution in [0.15, 0.2) is 24.8 Å². The van der Waals surface area contributed by atoms with Gasteiger partial charge in [-0.3, -0.25) is 52.7 Å². The van der Waals surface area contributed by atoms with E-state index in [2.05, 4.69) is 68.1 Å². The number of pyridine rings is 1. The molecule has 1 aliphatic carbocycles. The number of likely N-dealkylation sites (N-methyl/N-ethyl adjacent to an activating group) is 1. The second-order valence-corrected chi connectivity index (χ2v) is 24.5. The van der Waals surface area contributed by atoms with Gasteiger partial charge in [0.25, 0.3) is 5.91 Å². The summed E-state index contributed by atoms with van der Waals surface area (Å²) < 4.78 is 0. The molecule has 28 nitrogen and oxygen atoms in total. The van der Waals surface area contributed by atoms with Crippen LogP contribution >= 0.6 is 23.2 Å². The highest BCUT2D eigenvalue weighted by atomic mass is 35.5. The van der Waals surface area contributed by atoms with E-state index in [4.69, 9.17) is 28.9 Å². The Balaban J connectivity index is 1.92. The molecule has 0 radical (unpaired) electrons. The van der Waals surface area contributed by atoms with Crippen LogP contribution in [0.25, 0.3) is 0 Å². The van der Waals surface area contributed by atoms with Crippen LogP contribution in [0.5, 0.6) is 0 Å². The lowest BCUT2D eigenvalue weighted by Crippen LogP contribution is -2.66. The molecule has 0 unspecified atom stereocenters. The van der Waals surface area contributed by atoms with E-state index in [0.717, 1.165) is 13.3 Å². The summed E-state index contributed by atoms with van der Waals surface area (Å²) in [6.07, 6.45) is 4.61. The fourth-order valence-electron chi connectivity index (χ4n) is 9.49. The van der Waals surface area contributed by atoms with Crippen LogP contribution in [0.2, 0.25) is 10.2 Å². The number of hydrogen-bond acceptors (Lipinski definition) is 16. The average Bonchev–Trinajstić information content (AvgIpc) is 2.49. The number of aliphatic hydroxyl groups excluding tert-OH is 2. The molecule has 2 aromatic rings. The van der Waals surface area contributed by atoms with E-state index >= 15 is 0 Å². The highest BCUT2D eigenvalue weighted by Crippen LogP contribution is 2.29. The molecule has 0 bridgehead atoms. The summed E-state index contributed by atoms with van der Waals surface area (Å²) in [6.45, 7) is 14.8. The number of primary amides is 1. The van der Waals surface area contributed by atoms with Crippen molar-refractivity contribution < 1.29 is 68.1 Å². The van der Waals surface area contributed by atoms with Crippen LogP contribution in [0, 0.1) is 23.2 Å². The zero-order valence-electron chi connectivity index (χ0n) is 50.7. The number of halogens is 2. The van der Waals surface area contributed by atoms with Crippen molar-refractivity contribution in [3.63, 3.8) is 0 Å². The molecule has 11 atom stereocenters. The fraction of sp³-hybridized carbons (Fsp3) is 0.661. The van der Waals surface area contributed by atoms with Gasteiger partial charge in [0.05, 0.1) is 35.2 Å². The Morgan fingerprint density at radius 2 is 1.26 bits per heavy atom. The first-order valence-corrected chi connectivity index (χ1v) is 29.4. The van der Waals surface area contributed by atoms with Gasteiger partial charge in [-0.05, 0) is 75.7 Å². The number of rotatable bonds is 32. The van der Waals surface area contributed by atoms with Gasteiger partial charge in [-0.15, -0.1) is 0 Å². The Labute approximate surface area is 510 Å². The summed E-state index contributed by atoms with van der Waals surface area (Å²) in [4.78, 5) is 162. The second kappa shape index (κ2) is 33.8. The van der Waals surface area contributed by atoms with Crippen LogP contribution in [0.3, 0.4) is 0 Å². The van der Waals surface area contributed by atoms with Crippen LogP contribution in [-0.2, 0) is 54.4 Å². The maximum Gasteiger partial charge on any atom is 0.253 e. The summed E-state index contributed by atoms with van der Waals surface area (Å²) in [7, 11) is 1.30. The lowest BCUT2D eigenvalue weighted by atomic mass is 9.82. The van der Waals surface area contributed by atoms with Gasteiger partial charge >= 0.3 is 0 Å². The van der Waals surface area contributed by atoms with E-state index in [-0.39, 0.29) is 40.9 Å². The molecule has 0 aliphatic heterocycles. The number of aliphatic hydroxyl groups is 3. The molecule has 1 fully saturated rings. The molecule has 0 saturated heterocycles. The molecule has 2 heterocycles. The van der Waals surface area contributed by atoms with E-state index < -0.39 is 168 Å². The van der Waals surface area contributed by atoms with Crippen molar-refractivity contribution in [1.82, 2.24) is 68.1 Å². The molecule has 480 valence electrons. The van der Waals surface area contributed by atoms with Gasteiger partial charge in [0.15, 0.2) is 0 Å². The largest absolute Gasteiger partial charge is 0.394 e. The van der Waals surface area contributed by atoms with E-state index in [1.165, 1.54) is 45.7 Å². The van der Waals surface area contributed by atoms with Crippen molar-refractivity contribution in [2.24, 2.45) is 28.9 Å². The number of H-pyrrole nitrogens is 1. The molecule has 11 amide bonds. The monoisotopic (exact) mass is 1250 g/mol. The van der Waals surface area contributed by atoms with Gasteiger partial charge in [0.2, 0.25) is 59.1 Å². The summed E-state index contributed by atoms with van der Waals surface area (Å²) in [6, 6.07) is -12.2. The van der Waals surface area contributed by atoms with Crippen molar-refractivity contribution in [2.75, 3.05) is 13.7 Å². The van der Waals surface area contributed by atoms with Crippen molar-refractivity contribution in [3.8, 4) is 0 Å². The standard InChI is InChI=1S/C56H88Cl2N14O14/c1-12-28(4)39(68-54(85)43(56(9,10)86)72-52(83)41(30-16-14-13-15-17-30)70-53(84)42(55(6,7)8)71-45(76)32-20-21-62-44(58)38(32)57)50(81)69-40(29(5)74)51(82)64-33(18-19-37(59)75)47(78)66-35(23-31-24-61-26-63-31)49(80)65-34(22-27(2)3)48(79)67-36(25-73)46(77)60-11/h20-21,24,26-30,33-36,39-43,73-74,86H,12-19,22-23,25H2,1-11H3,(H2,59,75)(H,60,77)(H,61,63)(H,64,82)(H,65,80)(H,66,78)(H,67,79)(H,68,85)(H,69,81)(H,70,84)(H,71,76)(H,72,83)/t28-,29+,33-,34+,35-,36-,39-,40-,41-,42+,43+/m0/s1. The van der Waals surface area contributed by atoms with Crippen LogP contribution in [0.4, 0.5) is 0 Å². The highest BCUT2D eigenvalue weighted by Gasteiger charge is 2.44. The summed E-state index contributed by atoms with van der Waals surface area (Å²) in [5, 5.41) is 57.4. The SMILES string of the molecule is CC[C@H](C)[C@H](NC(=O)[C@@H](NC(=O)[C@@H](NC(=O)[C@@H](NC(=O)c1ccnc(Cl)c1Cl)C(C)(C)C)C1CCCCC1)C(C)(C)O)C(=O)N[C@H](C(=O)N[C@@H](CCC(N)=O)C(=O)N[C@@H](Cc1cnc[nH]1)C(=O)N[C@H](CC(C)C)C(=O)N[C@@H](CO)C(=O)NC)[C@@H](C)O. The van der Waals surface area contributed by atoms with Crippen molar-refractivity contribution >= 4 is 88.2 Å². The number of carbonyl (C=O) groups excluding carboxylic acids is 11. The third-order valence-electron chi connectivity index (χ3n) is 14.6. The van der Waals surface area contributed by atoms with Gasteiger partial charge in [-0.25, -0.2) is 9.97 Å². The minimum absolute atomic E-state index is 0.0452. The number of carbonyl (C=O) groups is 11. The smallest absolute Gasteiger partial charge is 0.253 e. The third kappa shape index (κ3) is 22.4. The first kappa shape index (κ1) is 73.2. The summed E-state index contributed by atoms with van der Waals surface area (Å²) in [5.41, 5.74) is 2.77. The number of imidazole rings is 1. The number of nitrogens with zero attached hydrogens (tertiary/aromatic N) is 2. The average molecular weight is 1250 g/mol. The van der Waals surface area contributed by atoms with Crippen LogP contribution < -0.4 is 58.9 Å². The number of nitrogens with two attached hydrogens (primary N) is 1. The Bertz CT molecular complexity index is 2680. The lowest BCUT2D eigenvalue weighted by molar-refractivity contribution is -0.141. The van der Waals surface area contributed by atoms with E-state index in [1.54, 1.807) is 48.5 Å². The highest BCUT2D eigenvalue weighted by molar-refractivity contribution is 6.43. The quantitative estimate of drug-likeness (QED) is 0.0399. The third-order valence-corrected chi connectivity index (χ3v) is 15.4. The van der Waals surface area contributed by atoms with Gasteiger partial charge < -0.3 is 79.2 Å². The number of hydrogen-bond donors (Lipinski definition) is 15. The minimum atomic E-state index is -2.03. The van der Waals surface area contributed by atoms with Crippen LogP contribution in [-0.4, -0.2) is 175 Å². The Morgan fingerprint density at radius 1 is 0.698 bits per heavy atom. The lowest BCUT2D eigenvalue weighted by Gasteiger charge is -2.37. The predicted octanol–water partition coefficient (Wildman–Crippen LogP) is -0.795. The first-order chi connectivity index (χ1) is 40.1. The molecule has 0 aromatic carbocycles. The molecule has 86 heavy (non-hydrogen) atoms. The van der Waals surface area contributed by atoms with E-state index in [0.29, 0.717) is 31.4 Å². The molecular weight excluding hydrogens is 1160 g/mol. The fourth-order valence-corrected chi connectivity index (χ4v) is 9.85. The van der Waals surface area contributed by atoms with Gasteiger partial charge in [-0.2, -0.15) is 0 Å². The molecule has 3 rings (SSSR count). The van der Waals surface area contributed by atoms with Crippen molar-refractivity contribution in [2.45, 2.75) is 200 Å². The maximum atomic E-state index is 14.6. The maximum absolute atomic E-state index is 14.6. The molecule has 0 spiro atoms. The summed E-state index contributed by atoms with van der Waals surface area (Å²) >= 11 is 12.3. The van der Waals surface area contributed by atoms with Gasteiger partial charge in [-0.1, -0.05) is 97.4 Å². The Kier molecular flexibility index (Phi) is 28.8. The molecule has 16 N–H and O–H groups in total. The normalized spacial score (nSPS) is 16.8. The van der Waals surface area contributed by atoms with Crippen molar-refractivity contribution in [3.05, 3.63) is 46.2 Å². The molecule has 1 saturated carbocycles. The predicted molar refractivity (Wildman–Crippen MR) is 316 cm³/mol. The molecular formula is C56H88Cl2N14O14. The molecule has 30 heteroatoms. The van der Waals surface area contributed by atoms with E-state index in [1.807, 2.05) is 0 Å². The van der Waals surface area contributed by atoms with E-state index in [9.17, 15) is 68.1 Å².